The van der Waals surface area contributed by atoms with E-state index in [1.54, 1.807) is 0 Å². The second-order valence-corrected chi connectivity index (χ2v) is 2.81. The third kappa shape index (κ3) is 2.45. The van der Waals surface area contributed by atoms with E-state index in [0.717, 1.165) is 6.07 Å². The summed E-state index contributed by atoms with van der Waals surface area (Å²) < 4.78 is 37.8. The van der Waals surface area contributed by atoms with Crippen molar-refractivity contribution in [2.75, 3.05) is 0 Å². The molecule has 0 fully saturated rings. The Morgan fingerprint density at radius 1 is 1.31 bits per heavy atom. The molecule has 0 spiro atoms. The summed E-state index contributed by atoms with van der Waals surface area (Å²) in [7, 11) is 0. The number of benzene rings is 1. The first-order valence-corrected chi connectivity index (χ1v) is 3.70. The Bertz CT molecular complexity index is 351. The lowest BCUT2D eigenvalue weighted by Gasteiger charge is -2.00. The van der Waals surface area contributed by atoms with E-state index in [1.165, 1.54) is 0 Å². The van der Waals surface area contributed by atoms with E-state index in [0.29, 0.717) is 6.07 Å². The lowest BCUT2D eigenvalue weighted by Crippen LogP contribution is -2.00. The van der Waals surface area contributed by atoms with Crippen LogP contribution in [0.3, 0.4) is 0 Å². The summed E-state index contributed by atoms with van der Waals surface area (Å²) in [6.45, 7) is 0. The predicted molar refractivity (Wildman–Crippen MR) is 40.9 cm³/mol. The Morgan fingerprint density at radius 2 is 1.92 bits per heavy atom. The molecule has 0 aliphatic heterocycles. The van der Waals surface area contributed by atoms with Gasteiger partial charge in [-0.05, 0) is 17.7 Å². The topological polar surface area (TPSA) is 17.1 Å². The monoisotopic (exact) mass is 208 g/mol. The van der Waals surface area contributed by atoms with Crippen LogP contribution in [0.4, 0.5) is 13.2 Å². The van der Waals surface area contributed by atoms with E-state index >= 15 is 0 Å². The van der Waals surface area contributed by atoms with Crippen LogP contribution in [0.2, 0.25) is 0 Å². The Kier molecular flexibility index (Phi) is 2.93. The van der Waals surface area contributed by atoms with Crippen molar-refractivity contribution in [2.45, 2.75) is 6.42 Å². The summed E-state index contributed by atoms with van der Waals surface area (Å²) in [4.78, 5) is 10.3. The van der Waals surface area contributed by atoms with Gasteiger partial charge >= 0.3 is 0 Å². The van der Waals surface area contributed by atoms with E-state index < -0.39 is 29.1 Å². The number of halogens is 4. The van der Waals surface area contributed by atoms with Crippen molar-refractivity contribution in [3.63, 3.8) is 0 Å². The van der Waals surface area contributed by atoms with Crippen LogP contribution in [0.1, 0.15) is 5.56 Å². The standard InChI is InChI=1S/C8H4ClF3O/c9-7(13)2-4-1-5(10)3-6(11)8(4)12/h1,3H,2H2. The first-order valence-electron chi connectivity index (χ1n) is 3.32. The average molecular weight is 209 g/mol. The molecule has 0 aliphatic carbocycles. The van der Waals surface area contributed by atoms with Gasteiger partial charge in [0.25, 0.3) is 0 Å². The van der Waals surface area contributed by atoms with Gasteiger partial charge in [-0.25, -0.2) is 13.2 Å². The summed E-state index contributed by atoms with van der Waals surface area (Å²) in [5.74, 6) is -3.50. The third-order valence-corrected chi connectivity index (χ3v) is 1.53. The van der Waals surface area contributed by atoms with Gasteiger partial charge in [-0.2, -0.15) is 0 Å². The molecule has 5 heteroatoms. The van der Waals surface area contributed by atoms with Crippen molar-refractivity contribution in [3.8, 4) is 0 Å². The summed E-state index contributed by atoms with van der Waals surface area (Å²) in [5.41, 5.74) is -0.377. The quantitative estimate of drug-likeness (QED) is 0.539. The van der Waals surface area contributed by atoms with E-state index in [4.69, 9.17) is 11.6 Å². The Morgan fingerprint density at radius 3 is 2.46 bits per heavy atom. The molecule has 1 aromatic rings. The van der Waals surface area contributed by atoms with Crippen molar-refractivity contribution in [3.05, 3.63) is 35.1 Å². The zero-order valence-electron chi connectivity index (χ0n) is 6.28. The molecular weight excluding hydrogens is 205 g/mol. The molecule has 1 rings (SSSR count). The van der Waals surface area contributed by atoms with Crippen molar-refractivity contribution >= 4 is 16.8 Å². The summed E-state index contributed by atoms with van der Waals surface area (Å²) >= 11 is 4.94. The van der Waals surface area contributed by atoms with Crippen molar-refractivity contribution in [1.82, 2.24) is 0 Å². The number of carbonyl (C=O) groups excluding carboxylic acids is 1. The fourth-order valence-corrected chi connectivity index (χ4v) is 1.03. The van der Waals surface area contributed by atoms with Gasteiger partial charge in [-0.1, -0.05) is 0 Å². The minimum absolute atomic E-state index is 0.377. The summed E-state index contributed by atoms with van der Waals surface area (Å²) in [6, 6.07) is 1.14. The summed E-state index contributed by atoms with van der Waals surface area (Å²) in [5, 5.41) is -0.871. The van der Waals surface area contributed by atoms with Gasteiger partial charge in [0.15, 0.2) is 11.6 Å². The fourth-order valence-electron chi connectivity index (χ4n) is 0.888. The fraction of sp³-hybridized carbons (Fsp3) is 0.125. The molecule has 0 radical (unpaired) electrons. The highest BCUT2D eigenvalue weighted by Gasteiger charge is 2.12. The first kappa shape index (κ1) is 10.1. The molecule has 1 aromatic carbocycles. The van der Waals surface area contributed by atoms with Gasteiger partial charge < -0.3 is 0 Å². The highest BCUT2D eigenvalue weighted by molar-refractivity contribution is 6.63. The smallest absolute Gasteiger partial charge is 0.226 e. The zero-order chi connectivity index (χ0) is 10.0. The first-order chi connectivity index (χ1) is 6.00. The normalized spacial score (nSPS) is 10.2. The molecule has 0 saturated carbocycles. The van der Waals surface area contributed by atoms with E-state index in [1.807, 2.05) is 0 Å². The van der Waals surface area contributed by atoms with Gasteiger partial charge in [-0.15, -0.1) is 0 Å². The Balaban J connectivity index is 3.12. The second-order valence-electron chi connectivity index (χ2n) is 2.39. The minimum atomic E-state index is -1.33. The summed E-state index contributed by atoms with van der Waals surface area (Å²) in [6.07, 6.45) is -0.526. The molecule has 70 valence electrons. The molecular formula is C8H4ClF3O. The molecule has 0 aromatic heterocycles. The third-order valence-electron chi connectivity index (χ3n) is 1.40. The largest absolute Gasteiger partial charge is 0.281 e. The number of hydrogen-bond donors (Lipinski definition) is 0. The van der Waals surface area contributed by atoms with Crippen molar-refractivity contribution < 1.29 is 18.0 Å². The van der Waals surface area contributed by atoms with E-state index in [2.05, 4.69) is 0 Å². The van der Waals surface area contributed by atoms with Gasteiger partial charge in [0.1, 0.15) is 5.82 Å². The van der Waals surface area contributed by atoms with Crippen LogP contribution in [0, 0.1) is 17.5 Å². The highest BCUT2D eigenvalue weighted by atomic mass is 35.5. The Hall–Kier alpha value is -1.03. The Labute approximate surface area is 77.1 Å². The molecule has 0 unspecified atom stereocenters. The number of carbonyl (C=O) groups is 1. The van der Waals surface area contributed by atoms with Crippen LogP contribution in [-0.2, 0) is 11.2 Å². The van der Waals surface area contributed by atoms with Crippen LogP contribution < -0.4 is 0 Å². The zero-order valence-corrected chi connectivity index (χ0v) is 7.04. The van der Waals surface area contributed by atoms with Gasteiger partial charge in [0.05, 0.1) is 0 Å². The maximum Gasteiger partial charge on any atom is 0.226 e. The lowest BCUT2D eigenvalue weighted by molar-refractivity contribution is -0.111. The molecule has 13 heavy (non-hydrogen) atoms. The van der Waals surface area contributed by atoms with Crippen molar-refractivity contribution in [1.29, 1.82) is 0 Å². The molecule has 0 heterocycles. The molecule has 0 aliphatic rings. The highest BCUT2D eigenvalue weighted by Crippen LogP contribution is 2.15. The van der Waals surface area contributed by atoms with Crippen LogP contribution in [0.5, 0.6) is 0 Å². The number of hydrogen-bond acceptors (Lipinski definition) is 1. The van der Waals surface area contributed by atoms with Crippen LogP contribution >= 0.6 is 11.6 Å². The average Bonchev–Trinajstić information content (AvgIpc) is 1.98. The molecule has 0 saturated heterocycles. The van der Waals surface area contributed by atoms with Crippen LogP contribution in [0.15, 0.2) is 12.1 Å². The molecule has 1 nitrogen and oxygen atoms in total. The van der Waals surface area contributed by atoms with Gasteiger partial charge in [-0.3, -0.25) is 4.79 Å². The molecule has 0 atom stereocenters. The van der Waals surface area contributed by atoms with Gasteiger partial charge in [0, 0.05) is 18.1 Å². The van der Waals surface area contributed by atoms with E-state index in [9.17, 15) is 18.0 Å². The maximum absolute atomic E-state index is 12.8. The molecule has 0 bridgehead atoms. The second kappa shape index (κ2) is 3.79. The van der Waals surface area contributed by atoms with E-state index in [-0.39, 0.29) is 5.56 Å². The predicted octanol–water partition coefficient (Wildman–Crippen LogP) is 2.41. The SMILES string of the molecule is O=C(Cl)Cc1cc(F)cc(F)c1F. The van der Waals surface area contributed by atoms with Crippen LogP contribution in [-0.4, -0.2) is 5.24 Å². The van der Waals surface area contributed by atoms with Gasteiger partial charge in [0.2, 0.25) is 5.24 Å². The molecule has 0 N–H and O–H groups in total. The maximum atomic E-state index is 12.8. The van der Waals surface area contributed by atoms with Crippen LogP contribution in [0.25, 0.3) is 0 Å². The number of rotatable bonds is 2. The van der Waals surface area contributed by atoms with Crippen molar-refractivity contribution in [2.24, 2.45) is 0 Å². The molecule has 0 amide bonds. The minimum Gasteiger partial charge on any atom is -0.281 e. The lowest BCUT2D eigenvalue weighted by atomic mass is 10.1.